The molecular weight excluding hydrogens is 663 g/mol. The first-order chi connectivity index (χ1) is 27.1. The minimum Gasteiger partial charge on any atom is -0.311 e. The van der Waals surface area contributed by atoms with Crippen LogP contribution in [0.15, 0.2) is 200 Å². The van der Waals surface area contributed by atoms with Crippen molar-refractivity contribution in [2.24, 2.45) is 0 Å². The first kappa shape index (κ1) is 32.9. The zero-order valence-electron chi connectivity index (χ0n) is 31.2. The van der Waals surface area contributed by atoms with E-state index in [1.807, 2.05) is 0 Å². The van der Waals surface area contributed by atoms with E-state index >= 15 is 0 Å². The van der Waals surface area contributed by atoms with Crippen LogP contribution in [-0.4, -0.2) is 0 Å². The number of anilines is 3. The highest BCUT2D eigenvalue weighted by Gasteiger charge is 2.38. The number of fused-ring (bicyclic) bond motifs is 5. The Kier molecular flexibility index (Phi) is 7.96. The normalized spacial score (nSPS) is 14.5. The second kappa shape index (κ2) is 13.3. The van der Waals surface area contributed by atoms with Gasteiger partial charge in [-0.05, 0) is 120 Å². The second-order valence-corrected chi connectivity index (χ2v) is 15.0. The first-order valence-electron chi connectivity index (χ1n) is 19.4. The average molecular weight is 704 g/mol. The standard InChI is InChI=1S/C54H41N/c1-3-54(2)51-23-9-8-19-50(51)53-49(22-12-24-52(53)54)41-29-35-44(36-30-41)55(42-31-25-39(26-32-42)47-20-10-15-37-13-4-6-17-45(37)47)43-33-27-40(28-34-43)48-21-11-16-38-14-5-7-18-46(38)48/h4-36H,3H2,1-2H3. The van der Waals surface area contributed by atoms with Crippen LogP contribution in [0.3, 0.4) is 0 Å². The summed E-state index contributed by atoms with van der Waals surface area (Å²) >= 11 is 0. The highest BCUT2D eigenvalue weighted by Crippen LogP contribution is 2.53. The van der Waals surface area contributed by atoms with Crippen molar-refractivity contribution in [2.45, 2.75) is 25.7 Å². The van der Waals surface area contributed by atoms with Gasteiger partial charge in [0.25, 0.3) is 0 Å². The lowest BCUT2D eigenvalue weighted by molar-refractivity contribution is 0.564. The van der Waals surface area contributed by atoms with Gasteiger partial charge in [-0.15, -0.1) is 0 Å². The molecule has 0 N–H and O–H groups in total. The molecule has 0 radical (unpaired) electrons. The van der Waals surface area contributed by atoms with Crippen molar-refractivity contribution < 1.29 is 0 Å². The van der Waals surface area contributed by atoms with Crippen molar-refractivity contribution >= 4 is 38.6 Å². The molecular formula is C54H41N. The van der Waals surface area contributed by atoms with E-state index in [1.165, 1.54) is 77.2 Å². The van der Waals surface area contributed by atoms with Crippen molar-refractivity contribution in [2.75, 3.05) is 4.90 Å². The SMILES string of the molecule is CCC1(C)c2ccccc2-c2c(-c3ccc(N(c4ccc(-c5cccc6ccccc56)cc4)c4ccc(-c5cccc6ccccc56)cc4)cc3)cccc21. The predicted octanol–water partition coefficient (Wildman–Crippen LogP) is 15.2. The summed E-state index contributed by atoms with van der Waals surface area (Å²) in [6, 6.07) is 73.5. The van der Waals surface area contributed by atoms with Crippen LogP contribution in [0.1, 0.15) is 31.4 Å². The van der Waals surface area contributed by atoms with Gasteiger partial charge in [0.1, 0.15) is 0 Å². The minimum atomic E-state index is 0.00900. The molecule has 9 aromatic rings. The van der Waals surface area contributed by atoms with E-state index < -0.39 is 0 Å². The van der Waals surface area contributed by atoms with Gasteiger partial charge >= 0.3 is 0 Å². The average Bonchev–Trinajstić information content (AvgIpc) is 3.52. The Bertz CT molecular complexity index is 2710. The molecule has 0 aliphatic heterocycles. The Labute approximate surface area is 323 Å². The zero-order valence-corrected chi connectivity index (χ0v) is 31.2. The molecule has 10 rings (SSSR count). The number of nitrogens with zero attached hydrogens (tertiary/aromatic N) is 1. The van der Waals surface area contributed by atoms with Gasteiger partial charge in [0.2, 0.25) is 0 Å². The molecule has 0 spiro atoms. The third-order valence-electron chi connectivity index (χ3n) is 12.0. The molecule has 0 saturated heterocycles. The van der Waals surface area contributed by atoms with Crippen LogP contribution >= 0.6 is 0 Å². The second-order valence-electron chi connectivity index (χ2n) is 15.0. The Morgan fingerprint density at radius 3 is 1.27 bits per heavy atom. The van der Waals surface area contributed by atoms with Gasteiger partial charge in [-0.3, -0.25) is 0 Å². The van der Waals surface area contributed by atoms with E-state index in [4.69, 9.17) is 0 Å². The Hall–Kier alpha value is -6.70. The van der Waals surface area contributed by atoms with E-state index in [2.05, 4.69) is 219 Å². The Balaban J connectivity index is 1.07. The first-order valence-corrected chi connectivity index (χ1v) is 19.4. The van der Waals surface area contributed by atoms with Crippen molar-refractivity contribution in [1.29, 1.82) is 0 Å². The molecule has 0 aromatic heterocycles. The summed E-state index contributed by atoms with van der Waals surface area (Å²) < 4.78 is 0. The molecule has 1 heteroatoms. The molecule has 1 nitrogen and oxygen atoms in total. The van der Waals surface area contributed by atoms with Crippen LogP contribution in [0.5, 0.6) is 0 Å². The highest BCUT2D eigenvalue weighted by molar-refractivity contribution is 5.99. The molecule has 1 aliphatic rings. The van der Waals surface area contributed by atoms with Crippen LogP contribution in [0, 0.1) is 0 Å². The number of rotatable bonds is 7. The summed E-state index contributed by atoms with van der Waals surface area (Å²) in [5.74, 6) is 0. The minimum absolute atomic E-state index is 0.00900. The molecule has 262 valence electrons. The van der Waals surface area contributed by atoms with Crippen molar-refractivity contribution in [3.8, 4) is 44.5 Å². The van der Waals surface area contributed by atoms with Gasteiger partial charge in [0.15, 0.2) is 0 Å². The lowest BCUT2D eigenvalue weighted by atomic mass is 9.77. The molecule has 1 aliphatic carbocycles. The molecule has 0 amide bonds. The van der Waals surface area contributed by atoms with Gasteiger partial charge in [0, 0.05) is 22.5 Å². The lowest BCUT2D eigenvalue weighted by Crippen LogP contribution is -2.18. The van der Waals surface area contributed by atoms with E-state index in [1.54, 1.807) is 0 Å². The molecule has 0 saturated carbocycles. The Morgan fingerprint density at radius 2 is 0.745 bits per heavy atom. The van der Waals surface area contributed by atoms with E-state index in [-0.39, 0.29) is 5.41 Å². The van der Waals surface area contributed by atoms with E-state index in [0.29, 0.717) is 0 Å². The van der Waals surface area contributed by atoms with Gasteiger partial charge in [0.05, 0.1) is 0 Å². The summed E-state index contributed by atoms with van der Waals surface area (Å²) in [4.78, 5) is 2.38. The van der Waals surface area contributed by atoms with Crippen LogP contribution in [0.2, 0.25) is 0 Å². The number of hydrogen-bond acceptors (Lipinski definition) is 1. The maximum atomic E-state index is 2.40. The third-order valence-corrected chi connectivity index (χ3v) is 12.0. The highest BCUT2D eigenvalue weighted by atomic mass is 15.1. The molecule has 55 heavy (non-hydrogen) atoms. The number of benzene rings is 9. The van der Waals surface area contributed by atoms with Crippen molar-refractivity contribution in [1.82, 2.24) is 0 Å². The lowest BCUT2D eigenvalue weighted by Gasteiger charge is -2.27. The van der Waals surface area contributed by atoms with E-state index in [9.17, 15) is 0 Å². The van der Waals surface area contributed by atoms with Crippen LogP contribution in [-0.2, 0) is 5.41 Å². The third kappa shape index (κ3) is 5.46. The smallest absolute Gasteiger partial charge is 0.0462 e. The summed E-state index contributed by atoms with van der Waals surface area (Å²) in [7, 11) is 0. The van der Waals surface area contributed by atoms with Gasteiger partial charge in [-0.2, -0.15) is 0 Å². The fourth-order valence-corrected chi connectivity index (χ4v) is 9.02. The largest absolute Gasteiger partial charge is 0.311 e. The van der Waals surface area contributed by atoms with Gasteiger partial charge in [-0.25, -0.2) is 0 Å². The van der Waals surface area contributed by atoms with Crippen LogP contribution < -0.4 is 4.90 Å². The maximum Gasteiger partial charge on any atom is 0.0462 e. The predicted molar refractivity (Wildman–Crippen MR) is 235 cm³/mol. The van der Waals surface area contributed by atoms with Gasteiger partial charge < -0.3 is 4.90 Å². The molecule has 0 heterocycles. The molecule has 1 atom stereocenters. The molecule has 0 fully saturated rings. The topological polar surface area (TPSA) is 3.24 Å². The fraction of sp³-hybridized carbons (Fsp3) is 0.0741. The maximum absolute atomic E-state index is 2.40. The summed E-state index contributed by atoms with van der Waals surface area (Å²) in [6.45, 7) is 4.71. The van der Waals surface area contributed by atoms with Crippen LogP contribution in [0.25, 0.3) is 66.1 Å². The number of hydrogen-bond donors (Lipinski definition) is 0. The molecule has 9 aromatic carbocycles. The van der Waals surface area contributed by atoms with Crippen molar-refractivity contribution in [3.05, 3.63) is 211 Å². The monoisotopic (exact) mass is 703 g/mol. The quantitative estimate of drug-likeness (QED) is 0.160. The summed E-state index contributed by atoms with van der Waals surface area (Å²) in [6.07, 6.45) is 1.06. The van der Waals surface area contributed by atoms with Crippen LogP contribution in [0.4, 0.5) is 17.1 Å². The summed E-state index contributed by atoms with van der Waals surface area (Å²) in [5.41, 5.74) is 16.4. The van der Waals surface area contributed by atoms with E-state index in [0.717, 1.165) is 23.5 Å². The molecule has 1 unspecified atom stereocenters. The fourth-order valence-electron chi connectivity index (χ4n) is 9.02. The summed E-state index contributed by atoms with van der Waals surface area (Å²) in [5, 5.41) is 5.04. The van der Waals surface area contributed by atoms with Gasteiger partial charge in [-0.1, -0.05) is 178 Å². The molecule has 0 bridgehead atoms. The zero-order chi connectivity index (χ0) is 36.9. The van der Waals surface area contributed by atoms with Crippen molar-refractivity contribution in [3.63, 3.8) is 0 Å². The Morgan fingerprint density at radius 1 is 0.364 bits per heavy atom.